The topological polar surface area (TPSA) is 3.24 Å². The second kappa shape index (κ2) is 4.52. The highest BCUT2D eigenvalue weighted by atomic mass is 79.9. The molecule has 0 unspecified atom stereocenters. The molecule has 15 heavy (non-hydrogen) atoms. The van der Waals surface area contributed by atoms with Gasteiger partial charge in [0.25, 0.3) is 0 Å². The largest absolute Gasteiger partial charge is 0.371 e. The molecule has 1 aliphatic rings. The van der Waals surface area contributed by atoms with Gasteiger partial charge in [-0.15, -0.1) is 0 Å². The molecule has 0 spiro atoms. The Hall–Kier alpha value is -0.570. The third kappa shape index (κ3) is 2.51. The van der Waals surface area contributed by atoms with Crippen molar-refractivity contribution in [2.45, 2.75) is 19.8 Å². The molecular weight excluding hydrogens is 257 g/mol. The average Bonchev–Trinajstić information content (AvgIpc) is 2.23. The van der Waals surface area contributed by atoms with Gasteiger partial charge < -0.3 is 4.90 Å². The van der Waals surface area contributed by atoms with E-state index in [1.54, 1.807) is 12.1 Å². The minimum absolute atomic E-state index is 0.160. The van der Waals surface area contributed by atoms with Crippen molar-refractivity contribution >= 4 is 21.6 Å². The van der Waals surface area contributed by atoms with Crippen LogP contribution in [0.15, 0.2) is 22.7 Å². The van der Waals surface area contributed by atoms with Gasteiger partial charge in [0.05, 0.1) is 5.69 Å². The van der Waals surface area contributed by atoms with E-state index in [1.165, 1.54) is 18.9 Å². The summed E-state index contributed by atoms with van der Waals surface area (Å²) in [6.45, 7) is 4.34. The van der Waals surface area contributed by atoms with Gasteiger partial charge in [-0.25, -0.2) is 4.39 Å². The zero-order valence-electron chi connectivity index (χ0n) is 8.84. The molecule has 0 aliphatic carbocycles. The predicted molar refractivity (Wildman–Crippen MR) is 64.7 cm³/mol. The van der Waals surface area contributed by atoms with Gasteiger partial charge in [-0.3, -0.25) is 0 Å². The molecule has 1 aliphatic heterocycles. The van der Waals surface area contributed by atoms with Crippen molar-refractivity contribution in [3.63, 3.8) is 0 Å². The maximum Gasteiger partial charge on any atom is 0.125 e. The lowest BCUT2D eigenvalue weighted by Crippen LogP contribution is -2.33. The van der Waals surface area contributed by atoms with Gasteiger partial charge in [0.2, 0.25) is 0 Å². The van der Waals surface area contributed by atoms with Crippen molar-refractivity contribution in [1.29, 1.82) is 0 Å². The van der Waals surface area contributed by atoms with E-state index in [-0.39, 0.29) is 5.82 Å². The fourth-order valence-electron chi connectivity index (χ4n) is 1.98. The number of hydrogen-bond donors (Lipinski definition) is 0. The molecule has 0 atom stereocenters. The molecule has 0 radical (unpaired) electrons. The van der Waals surface area contributed by atoms with Crippen molar-refractivity contribution in [3.05, 3.63) is 28.5 Å². The Morgan fingerprint density at radius 3 is 2.67 bits per heavy atom. The lowest BCUT2D eigenvalue weighted by Gasteiger charge is -2.32. The summed E-state index contributed by atoms with van der Waals surface area (Å²) >= 11 is 3.47. The van der Waals surface area contributed by atoms with E-state index < -0.39 is 0 Å². The Morgan fingerprint density at radius 2 is 2.00 bits per heavy atom. The molecule has 0 N–H and O–H groups in total. The van der Waals surface area contributed by atoms with Gasteiger partial charge in [0, 0.05) is 17.6 Å². The summed E-state index contributed by atoms with van der Waals surface area (Å²) in [5, 5.41) is 0. The SMILES string of the molecule is CC1CCN(c2cc(F)ccc2Br)CC1. The van der Waals surface area contributed by atoms with Gasteiger partial charge in [0.15, 0.2) is 0 Å². The molecule has 0 amide bonds. The molecule has 0 aromatic heterocycles. The lowest BCUT2D eigenvalue weighted by atomic mass is 9.99. The predicted octanol–water partition coefficient (Wildman–Crippen LogP) is 3.82. The summed E-state index contributed by atoms with van der Waals surface area (Å²) in [5.41, 5.74) is 0.988. The first-order valence-electron chi connectivity index (χ1n) is 5.37. The molecule has 1 heterocycles. The molecule has 1 aromatic rings. The highest BCUT2D eigenvalue weighted by molar-refractivity contribution is 9.10. The number of anilines is 1. The van der Waals surface area contributed by atoms with Crippen LogP contribution in [0.25, 0.3) is 0 Å². The summed E-state index contributed by atoms with van der Waals surface area (Å²) in [5.74, 6) is 0.639. The Bertz CT molecular complexity index is 345. The number of benzene rings is 1. The van der Waals surface area contributed by atoms with E-state index in [4.69, 9.17) is 0 Å². The van der Waals surface area contributed by atoms with Crippen LogP contribution in [-0.4, -0.2) is 13.1 Å². The number of piperidine rings is 1. The lowest BCUT2D eigenvalue weighted by molar-refractivity contribution is 0.438. The minimum Gasteiger partial charge on any atom is -0.371 e. The molecular formula is C12H15BrFN. The molecule has 3 heteroatoms. The summed E-state index contributed by atoms with van der Waals surface area (Å²) in [6.07, 6.45) is 2.39. The third-order valence-electron chi connectivity index (χ3n) is 3.03. The van der Waals surface area contributed by atoms with Crippen molar-refractivity contribution in [2.75, 3.05) is 18.0 Å². The second-order valence-corrected chi connectivity index (χ2v) is 5.12. The van der Waals surface area contributed by atoms with Crippen molar-refractivity contribution in [1.82, 2.24) is 0 Å². The molecule has 1 saturated heterocycles. The van der Waals surface area contributed by atoms with Crippen molar-refractivity contribution in [3.8, 4) is 0 Å². The van der Waals surface area contributed by atoms with Crippen LogP contribution < -0.4 is 4.90 Å². The van der Waals surface area contributed by atoms with Gasteiger partial charge in [-0.1, -0.05) is 6.92 Å². The van der Waals surface area contributed by atoms with Crippen LogP contribution >= 0.6 is 15.9 Å². The van der Waals surface area contributed by atoms with Crippen LogP contribution in [0.3, 0.4) is 0 Å². The Morgan fingerprint density at radius 1 is 1.33 bits per heavy atom. The second-order valence-electron chi connectivity index (χ2n) is 4.27. The highest BCUT2D eigenvalue weighted by Gasteiger charge is 2.17. The molecule has 82 valence electrons. The number of halogens is 2. The summed E-state index contributed by atoms with van der Waals surface area (Å²) in [6, 6.07) is 4.88. The molecule has 1 aromatic carbocycles. The van der Waals surface area contributed by atoms with Gasteiger partial charge in [-0.2, -0.15) is 0 Å². The van der Waals surface area contributed by atoms with E-state index in [0.29, 0.717) is 0 Å². The van der Waals surface area contributed by atoms with Crippen molar-refractivity contribution in [2.24, 2.45) is 5.92 Å². The zero-order chi connectivity index (χ0) is 10.8. The molecule has 0 saturated carbocycles. The Balaban J connectivity index is 2.18. The summed E-state index contributed by atoms with van der Waals surface area (Å²) in [7, 11) is 0. The fourth-order valence-corrected chi connectivity index (χ4v) is 2.48. The minimum atomic E-state index is -0.160. The van der Waals surface area contributed by atoms with E-state index in [1.807, 2.05) is 0 Å². The number of nitrogens with zero attached hydrogens (tertiary/aromatic N) is 1. The Kier molecular flexibility index (Phi) is 3.29. The summed E-state index contributed by atoms with van der Waals surface area (Å²) in [4.78, 5) is 2.26. The first-order chi connectivity index (χ1) is 7.16. The maximum absolute atomic E-state index is 13.1. The average molecular weight is 272 g/mol. The van der Waals surface area contributed by atoms with Crippen LogP contribution in [0.5, 0.6) is 0 Å². The number of hydrogen-bond acceptors (Lipinski definition) is 1. The van der Waals surface area contributed by atoms with Gasteiger partial charge >= 0.3 is 0 Å². The van der Waals surface area contributed by atoms with Crippen LogP contribution in [0.4, 0.5) is 10.1 Å². The molecule has 1 fully saturated rings. The monoisotopic (exact) mass is 271 g/mol. The first kappa shape index (κ1) is 10.9. The van der Waals surface area contributed by atoms with E-state index in [9.17, 15) is 4.39 Å². The zero-order valence-corrected chi connectivity index (χ0v) is 10.4. The van der Waals surface area contributed by atoms with Crippen LogP contribution in [0, 0.1) is 11.7 Å². The van der Waals surface area contributed by atoms with Gasteiger partial charge in [-0.05, 0) is 52.9 Å². The maximum atomic E-state index is 13.1. The van der Waals surface area contributed by atoms with Crippen LogP contribution in [0.1, 0.15) is 19.8 Å². The smallest absolute Gasteiger partial charge is 0.125 e. The standard InChI is InChI=1S/C12H15BrFN/c1-9-4-6-15(7-5-9)12-8-10(14)2-3-11(12)13/h2-3,8-9H,4-7H2,1H3. The molecule has 2 rings (SSSR count). The fraction of sp³-hybridized carbons (Fsp3) is 0.500. The summed E-state index contributed by atoms with van der Waals surface area (Å²) < 4.78 is 14.1. The quantitative estimate of drug-likeness (QED) is 0.751. The van der Waals surface area contributed by atoms with Crippen LogP contribution in [-0.2, 0) is 0 Å². The Labute approximate surface area is 98.4 Å². The highest BCUT2D eigenvalue weighted by Crippen LogP contribution is 2.30. The van der Waals surface area contributed by atoms with Crippen molar-refractivity contribution < 1.29 is 4.39 Å². The van der Waals surface area contributed by atoms with E-state index in [0.717, 1.165) is 29.2 Å². The van der Waals surface area contributed by atoms with Crippen LogP contribution in [0.2, 0.25) is 0 Å². The van der Waals surface area contributed by atoms with Gasteiger partial charge in [0.1, 0.15) is 5.82 Å². The number of rotatable bonds is 1. The first-order valence-corrected chi connectivity index (χ1v) is 6.16. The molecule has 1 nitrogen and oxygen atoms in total. The third-order valence-corrected chi connectivity index (χ3v) is 3.70. The van der Waals surface area contributed by atoms with E-state index >= 15 is 0 Å². The van der Waals surface area contributed by atoms with E-state index in [2.05, 4.69) is 27.8 Å². The normalized spacial score (nSPS) is 18.2. The molecule has 0 bridgehead atoms.